The standard InChI is InChI=1S/C17H27NO3/c1-6-8-9-14(18-12-7-2)13-10-11-15(19-3)17(21-5)16(13)20-4/h6,10-11,14,18H,1,7-9,12H2,2-5H3. The van der Waals surface area contributed by atoms with Gasteiger partial charge in [0, 0.05) is 11.6 Å². The van der Waals surface area contributed by atoms with E-state index >= 15 is 0 Å². The van der Waals surface area contributed by atoms with Crippen LogP contribution in [0.1, 0.15) is 37.8 Å². The van der Waals surface area contributed by atoms with Gasteiger partial charge in [-0.2, -0.15) is 0 Å². The van der Waals surface area contributed by atoms with Crippen molar-refractivity contribution in [2.45, 2.75) is 32.2 Å². The van der Waals surface area contributed by atoms with E-state index in [0.29, 0.717) is 11.5 Å². The molecule has 0 saturated heterocycles. The largest absolute Gasteiger partial charge is 0.493 e. The highest BCUT2D eigenvalue weighted by Crippen LogP contribution is 2.42. The highest BCUT2D eigenvalue weighted by molar-refractivity contribution is 5.56. The first kappa shape index (κ1) is 17.4. The summed E-state index contributed by atoms with van der Waals surface area (Å²) in [6, 6.07) is 4.17. The molecule has 0 aromatic heterocycles. The van der Waals surface area contributed by atoms with Crippen LogP contribution in [0.4, 0.5) is 0 Å². The molecule has 1 aromatic carbocycles. The van der Waals surface area contributed by atoms with Gasteiger partial charge in [0.2, 0.25) is 5.75 Å². The Morgan fingerprint density at radius 2 is 1.86 bits per heavy atom. The van der Waals surface area contributed by atoms with Crippen molar-refractivity contribution in [3.63, 3.8) is 0 Å². The molecule has 0 aliphatic heterocycles. The summed E-state index contributed by atoms with van der Waals surface area (Å²) in [6.07, 6.45) is 4.93. The molecule has 0 heterocycles. The van der Waals surface area contributed by atoms with Crippen LogP contribution in [0.2, 0.25) is 0 Å². The number of rotatable bonds is 10. The van der Waals surface area contributed by atoms with E-state index in [2.05, 4.69) is 18.8 Å². The number of methoxy groups -OCH3 is 3. The quantitative estimate of drug-likeness (QED) is 0.667. The molecule has 4 heteroatoms. The minimum atomic E-state index is 0.206. The number of hydrogen-bond donors (Lipinski definition) is 1. The number of ether oxygens (including phenoxy) is 3. The van der Waals surface area contributed by atoms with Crippen molar-refractivity contribution in [2.24, 2.45) is 0 Å². The van der Waals surface area contributed by atoms with E-state index in [1.54, 1.807) is 21.3 Å². The lowest BCUT2D eigenvalue weighted by atomic mass is 9.99. The summed E-state index contributed by atoms with van der Waals surface area (Å²) >= 11 is 0. The zero-order chi connectivity index (χ0) is 15.7. The highest BCUT2D eigenvalue weighted by Gasteiger charge is 2.21. The summed E-state index contributed by atoms with van der Waals surface area (Å²) in [4.78, 5) is 0. The summed E-state index contributed by atoms with van der Waals surface area (Å²) < 4.78 is 16.4. The molecule has 0 aliphatic carbocycles. The molecule has 4 nitrogen and oxygen atoms in total. The Balaban J connectivity index is 3.18. The zero-order valence-corrected chi connectivity index (χ0v) is 13.6. The Morgan fingerprint density at radius 1 is 1.14 bits per heavy atom. The zero-order valence-electron chi connectivity index (χ0n) is 13.6. The van der Waals surface area contributed by atoms with Gasteiger partial charge in [-0.3, -0.25) is 0 Å². The Hall–Kier alpha value is -1.68. The second-order valence-corrected chi connectivity index (χ2v) is 4.80. The van der Waals surface area contributed by atoms with E-state index in [-0.39, 0.29) is 6.04 Å². The molecule has 1 atom stereocenters. The van der Waals surface area contributed by atoms with Crippen molar-refractivity contribution in [3.05, 3.63) is 30.4 Å². The number of hydrogen-bond acceptors (Lipinski definition) is 4. The molecule has 1 unspecified atom stereocenters. The van der Waals surface area contributed by atoms with Gasteiger partial charge in [-0.05, 0) is 37.9 Å². The third kappa shape index (κ3) is 4.39. The molecule has 0 bridgehead atoms. The highest BCUT2D eigenvalue weighted by atomic mass is 16.5. The maximum atomic E-state index is 5.58. The third-order valence-corrected chi connectivity index (χ3v) is 3.41. The maximum Gasteiger partial charge on any atom is 0.203 e. The fraction of sp³-hybridized carbons (Fsp3) is 0.529. The van der Waals surface area contributed by atoms with Crippen LogP contribution < -0.4 is 19.5 Å². The van der Waals surface area contributed by atoms with Crippen LogP contribution in [-0.2, 0) is 0 Å². The van der Waals surface area contributed by atoms with Gasteiger partial charge in [0.05, 0.1) is 21.3 Å². The lowest BCUT2D eigenvalue weighted by Crippen LogP contribution is -2.22. The second kappa shape index (κ2) is 9.29. The average molecular weight is 293 g/mol. The lowest BCUT2D eigenvalue weighted by Gasteiger charge is -2.23. The van der Waals surface area contributed by atoms with Gasteiger partial charge < -0.3 is 19.5 Å². The third-order valence-electron chi connectivity index (χ3n) is 3.41. The minimum Gasteiger partial charge on any atom is -0.493 e. The molecule has 118 valence electrons. The number of allylic oxidation sites excluding steroid dienone is 1. The van der Waals surface area contributed by atoms with Crippen molar-refractivity contribution in [1.29, 1.82) is 0 Å². The van der Waals surface area contributed by atoms with Crippen LogP contribution in [0.25, 0.3) is 0 Å². The molecule has 1 aromatic rings. The van der Waals surface area contributed by atoms with E-state index in [9.17, 15) is 0 Å². The first-order valence-corrected chi connectivity index (χ1v) is 7.36. The van der Waals surface area contributed by atoms with Crippen molar-refractivity contribution >= 4 is 0 Å². The molecule has 0 amide bonds. The summed E-state index contributed by atoms with van der Waals surface area (Å²) in [5.74, 6) is 2.05. The molecule has 0 saturated carbocycles. The van der Waals surface area contributed by atoms with Gasteiger partial charge in [0.25, 0.3) is 0 Å². The number of benzene rings is 1. The molecule has 21 heavy (non-hydrogen) atoms. The van der Waals surface area contributed by atoms with Crippen LogP contribution in [0.15, 0.2) is 24.8 Å². The van der Waals surface area contributed by atoms with E-state index in [1.807, 2.05) is 18.2 Å². The van der Waals surface area contributed by atoms with Crippen LogP contribution >= 0.6 is 0 Å². The van der Waals surface area contributed by atoms with Gasteiger partial charge in [-0.15, -0.1) is 6.58 Å². The summed E-state index contributed by atoms with van der Waals surface area (Å²) in [6.45, 7) is 6.92. The molecule has 0 spiro atoms. The van der Waals surface area contributed by atoms with E-state index in [1.165, 1.54) is 0 Å². The molecule has 1 rings (SSSR count). The molecular weight excluding hydrogens is 266 g/mol. The second-order valence-electron chi connectivity index (χ2n) is 4.80. The van der Waals surface area contributed by atoms with Crippen LogP contribution in [0.3, 0.4) is 0 Å². The molecule has 0 aliphatic rings. The smallest absolute Gasteiger partial charge is 0.203 e. The first-order valence-electron chi connectivity index (χ1n) is 7.36. The monoisotopic (exact) mass is 293 g/mol. The van der Waals surface area contributed by atoms with Gasteiger partial charge in [-0.25, -0.2) is 0 Å². The summed E-state index contributed by atoms with van der Waals surface area (Å²) in [5.41, 5.74) is 1.09. The fourth-order valence-electron chi connectivity index (χ4n) is 2.37. The summed E-state index contributed by atoms with van der Waals surface area (Å²) in [5, 5.41) is 3.56. The van der Waals surface area contributed by atoms with Crippen LogP contribution in [0.5, 0.6) is 17.2 Å². The van der Waals surface area contributed by atoms with Gasteiger partial charge in [-0.1, -0.05) is 13.0 Å². The SMILES string of the molecule is C=CCCC(NCCC)c1ccc(OC)c(OC)c1OC. The predicted molar refractivity (Wildman–Crippen MR) is 86.6 cm³/mol. The van der Waals surface area contributed by atoms with Crippen LogP contribution in [-0.4, -0.2) is 27.9 Å². The van der Waals surface area contributed by atoms with Crippen molar-refractivity contribution in [1.82, 2.24) is 5.32 Å². The predicted octanol–water partition coefficient (Wildman–Crippen LogP) is 3.72. The average Bonchev–Trinajstić information content (AvgIpc) is 2.53. The minimum absolute atomic E-state index is 0.206. The Morgan fingerprint density at radius 3 is 2.38 bits per heavy atom. The van der Waals surface area contributed by atoms with Crippen molar-refractivity contribution in [2.75, 3.05) is 27.9 Å². The van der Waals surface area contributed by atoms with E-state index < -0.39 is 0 Å². The van der Waals surface area contributed by atoms with Gasteiger partial charge in [0.15, 0.2) is 11.5 Å². The lowest BCUT2D eigenvalue weighted by molar-refractivity contribution is 0.318. The van der Waals surface area contributed by atoms with Gasteiger partial charge in [0.1, 0.15) is 0 Å². The Bertz CT molecular complexity index is 446. The molecule has 1 N–H and O–H groups in total. The summed E-state index contributed by atoms with van der Waals surface area (Å²) in [7, 11) is 4.91. The van der Waals surface area contributed by atoms with Crippen LogP contribution in [0, 0.1) is 0 Å². The molecular formula is C17H27NO3. The van der Waals surface area contributed by atoms with Gasteiger partial charge >= 0.3 is 0 Å². The normalized spacial score (nSPS) is 11.8. The maximum absolute atomic E-state index is 5.58. The van der Waals surface area contributed by atoms with E-state index in [0.717, 1.165) is 37.1 Å². The van der Waals surface area contributed by atoms with Crippen molar-refractivity contribution < 1.29 is 14.2 Å². The Kier molecular flexibility index (Phi) is 7.69. The van der Waals surface area contributed by atoms with E-state index in [4.69, 9.17) is 14.2 Å². The molecule has 0 fully saturated rings. The fourth-order valence-corrected chi connectivity index (χ4v) is 2.37. The first-order chi connectivity index (χ1) is 10.2. The Labute approximate surface area is 128 Å². The van der Waals surface area contributed by atoms with Crippen molar-refractivity contribution in [3.8, 4) is 17.2 Å². The molecule has 0 radical (unpaired) electrons. The topological polar surface area (TPSA) is 39.7 Å². The number of nitrogens with one attached hydrogen (secondary N) is 1.